The number of sulfonamides is 1. The molecule has 0 bridgehead atoms. The van der Waals surface area contributed by atoms with Crippen LogP contribution in [0.5, 0.6) is 0 Å². The van der Waals surface area contributed by atoms with Crippen molar-refractivity contribution >= 4 is 37.5 Å². The molecule has 5 nitrogen and oxygen atoms in total. The van der Waals surface area contributed by atoms with Crippen LogP contribution in [0.1, 0.15) is 12.7 Å². The number of aromatic nitrogens is 2. The predicted octanol–water partition coefficient (Wildman–Crippen LogP) is 4.06. The zero-order valence-corrected chi connectivity index (χ0v) is 15.4. The van der Waals surface area contributed by atoms with E-state index in [-0.39, 0.29) is 12.4 Å². The first kappa shape index (κ1) is 16.3. The molecule has 0 unspecified atom stereocenters. The highest BCUT2D eigenvalue weighted by Gasteiger charge is 2.36. The first-order valence-electron chi connectivity index (χ1n) is 8.70. The molecule has 1 aliphatic rings. The summed E-state index contributed by atoms with van der Waals surface area (Å²) >= 11 is 0. The topological polar surface area (TPSA) is 55.2 Å². The molecule has 5 rings (SSSR count). The van der Waals surface area contributed by atoms with Gasteiger partial charge < -0.3 is 4.57 Å². The average molecular weight is 381 g/mol. The van der Waals surface area contributed by atoms with Crippen LogP contribution in [0.4, 0.5) is 10.1 Å². The molecule has 7 heteroatoms. The van der Waals surface area contributed by atoms with Crippen molar-refractivity contribution in [2.24, 2.45) is 0 Å². The largest absolute Gasteiger partial charge is 0.327 e. The number of hydrogen-bond acceptors (Lipinski definition) is 3. The zero-order valence-electron chi connectivity index (χ0n) is 14.6. The quantitative estimate of drug-likeness (QED) is 0.538. The summed E-state index contributed by atoms with van der Waals surface area (Å²) in [5.74, 6) is 0.229. The fraction of sp³-hybridized carbons (Fsp3) is 0.150. The highest BCUT2D eigenvalue weighted by atomic mass is 32.2. The summed E-state index contributed by atoms with van der Waals surface area (Å²) in [6.45, 7) is 2.67. The van der Waals surface area contributed by atoms with Crippen molar-refractivity contribution in [2.45, 2.75) is 24.9 Å². The Morgan fingerprint density at radius 3 is 2.63 bits per heavy atom. The van der Waals surface area contributed by atoms with Gasteiger partial charge in [-0.1, -0.05) is 24.3 Å². The third kappa shape index (κ3) is 2.21. The lowest BCUT2D eigenvalue weighted by atomic mass is 10.1. The molecule has 0 radical (unpaired) electrons. The summed E-state index contributed by atoms with van der Waals surface area (Å²) in [5, 5.41) is 1.63. The standard InChI is InChI=1S/C20H16FN3O2S/c1-2-23-16-10-9-14(21)11-15(16)22-19(23)12-24-17-7-3-5-13-6-4-8-18(20(13)17)27(24,25)26/h3-11H,2,12H2,1H3. The Morgan fingerprint density at radius 1 is 1.07 bits per heavy atom. The van der Waals surface area contributed by atoms with Gasteiger partial charge in [-0.2, -0.15) is 0 Å². The van der Waals surface area contributed by atoms with Crippen molar-refractivity contribution in [3.63, 3.8) is 0 Å². The second-order valence-electron chi connectivity index (χ2n) is 6.55. The van der Waals surface area contributed by atoms with E-state index in [0.717, 1.165) is 16.3 Å². The fourth-order valence-corrected chi connectivity index (χ4v) is 5.55. The number of fused-ring (bicyclic) bond motifs is 1. The van der Waals surface area contributed by atoms with Crippen LogP contribution >= 0.6 is 0 Å². The number of aryl methyl sites for hydroxylation is 1. The minimum Gasteiger partial charge on any atom is -0.327 e. The van der Waals surface area contributed by atoms with Crippen molar-refractivity contribution in [3.8, 4) is 0 Å². The number of rotatable bonds is 3. The average Bonchev–Trinajstić information content (AvgIpc) is 3.10. The number of halogens is 1. The van der Waals surface area contributed by atoms with E-state index in [4.69, 9.17) is 0 Å². The van der Waals surface area contributed by atoms with Gasteiger partial charge in [0.15, 0.2) is 0 Å². The van der Waals surface area contributed by atoms with E-state index in [1.165, 1.54) is 16.4 Å². The smallest absolute Gasteiger partial charge is 0.265 e. The molecule has 0 saturated heterocycles. The Balaban J connectivity index is 1.69. The maximum atomic E-state index is 13.6. The van der Waals surface area contributed by atoms with Crippen LogP contribution in [0.15, 0.2) is 59.5 Å². The van der Waals surface area contributed by atoms with Gasteiger partial charge in [0.1, 0.15) is 11.6 Å². The van der Waals surface area contributed by atoms with Gasteiger partial charge in [0.25, 0.3) is 10.0 Å². The third-order valence-electron chi connectivity index (χ3n) is 5.07. The third-order valence-corrected chi connectivity index (χ3v) is 6.87. The van der Waals surface area contributed by atoms with Crippen LogP contribution in [0, 0.1) is 5.82 Å². The van der Waals surface area contributed by atoms with Crippen LogP contribution in [0.2, 0.25) is 0 Å². The highest BCUT2D eigenvalue weighted by Crippen LogP contribution is 2.42. The Kier molecular flexibility index (Phi) is 3.33. The molecule has 0 saturated carbocycles. The minimum atomic E-state index is -3.66. The normalized spacial score (nSPS) is 15.1. The van der Waals surface area contributed by atoms with Gasteiger partial charge in [-0.15, -0.1) is 0 Å². The molecular formula is C20H16FN3O2S. The van der Waals surface area contributed by atoms with Gasteiger partial charge in [-0.3, -0.25) is 4.31 Å². The van der Waals surface area contributed by atoms with Crippen molar-refractivity contribution in [1.29, 1.82) is 0 Å². The highest BCUT2D eigenvalue weighted by molar-refractivity contribution is 7.93. The van der Waals surface area contributed by atoms with Gasteiger partial charge in [0.05, 0.1) is 28.2 Å². The molecule has 0 spiro atoms. The number of imidazole rings is 1. The van der Waals surface area contributed by atoms with E-state index in [2.05, 4.69) is 4.98 Å². The Bertz CT molecular complexity index is 1320. The van der Waals surface area contributed by atoms with Crippen LogP contribution in [0.3, 0.4) is 0 Å². The summed E-state index contributed by atoms with van der Waals surface area (Å²) in [5.41, 5.74) is 1.98. The minimum absolute atomic E-state index is 0.0975. The summed E-state index contributed by atoms with van der Waals surface area (Å²) in [4.78, 5) is 4.84. The molecule has 1 aliphatic heterocycles. The lowest BCUT2D eigenvalue weighted by molar-refractivity contribution is 0.590. The van der Waals surface area contributed by atoms with Crippen molar-refractivity contribution < 1.29 is 12.8 Å². The molecule has 0 fully saturated rings. The van der Waals surface area contributed by atoms with E-state index in [1.807, 2.05) is 35.8 Å². The van der Waals surface area contributed by atoms with Gasteiger partial charge in [0.2, 0.25) is 0 Å². The zero-order chi connectivity index (χ0) is 18.8. The molecule has 0 amide bonds. The first-order valence-corrected chi connectivity index (χ1v) is 10.1. The van der Waals surface area contributed by atoms with E-state index in [1.54, 1.807) is 18.2 Å². The monoisotopic (exact) mass is 381 g/mol. The molecular weight excluding hydrogens is 365 g/mol. The summed E-state index contributed by atoms with van der Waals surface area (Å²) in [6, 6.07) is 15.3. The molecule has 1 aromatic heterocycles. The maximum Gasteiger partial charge on any atom is 0.265 e. The lowest BCUT2D eigenvalue weighted by Crippen LogP contribution is -2.28. The van der Waals surface area contributed by atoms with E-state index in [9.17, 15) is 12.8 Å². The van der Waals surface area contributed by atoms with E-state index >= 15 is 0 Å². The summed E-state index contributed by atoms with van der Waals surface area (Å²) in [6.07, 6.45) is 0. The Hall–Kier alpha value is -2.93. The lowest BCUT2D eigenvalue weighted by Gasteiger charge is -2.19. The molecule has 27 heavy (non-hydrogen) atoms. The molecule has 0 aliphatic carbocycles. The van der Waals surface area contributed by atoms with Gasteiger partial charge in [0, 0.05) is 18.0 Å². The second kappa shape index (κ2) is 5.53. The molecule has 3 aromatic carbocycles. The fourth-order valence-electron chi connectivity index (χ4n) is 3.88. The molecule has 0 atom stereocenters. The number of nitrogens with zero attached hydrogens (tertiary/aromatic N) is 3. The van der Waals surface area contributed by atoms with Crippen LogP contribution in [-0.4, -0.2) is 18.0 Å². The molecule has 2 heterocycles. The Labute approximate surface area is 155 Å². The summed E-state index contributed by atoms with van der Waals surface area (Å²) in [7, 11) is -3.66. The van der Waals surface area contributed by atoms with E-state index < -0.39 is 10.0 Å². The van der Waals surface area contributed by atoms with Crippen LogP contribution in [0.25, 0.3) is 21.8 Å². The molecule has 0 N–H and O–H groups in total. The second-order valence-corrected chi connectivity index (χ2v) is 8.38. The number of benzene rings is 3. The maximum absolute atomic E-state index is 13.6. The Morgan fingerprint density at radius 2 is 1.85 bits per heavy atom. The SMILES string of the molecule is CCn1c(CN2c3cccc4cccc(c34)S2(=O)=O)nc2cc(F)ccc21. The van der Waals surface area contributed by atoms with Gasteiger partial charge in [-0.05, 0) is 36.6 Å². The molecule has 136 valence electrons. The van der Waals surface area contributed by atoms with Crippen molar-refractivity contribution in [3.05, 3.63) is 66.2 Å². The van der Waals surface area contributed by atoms with Gasteiger partial charge >= 0.3 is 0 Å². The predicted molar refractivity (Wildman–Crippen MR) is 103 cm³/mol. The van der Waals surface area contributed by atoms with E-state index in [0.29, 0.717) is 28.5 Å². The number of anilines is 1. The number of hydrogen-bond donors (Lipinski definition) is 0. The van der Waals surface area contributed by atoms with Crippen LogP contribution in [-0.2, 0) is 23.1 Å². The first-order chi connectivity index (χ1) is 13.0. The molecule has 4 aromatic rings. The summed E-state index contributed by atoms with van der Waals surface area (Å²) < 4.78 is 43.2. The van der Waals surface area contributed by atoms with Crippen molar-refractivity contribution in [1.82, 2.24) is 9.55 Å². The van der Waals surface area contributed by atoms with Crippen molar-refractivity contribution in [2.75, 3.05) is 4.31 Å². The van der Waals surface area contributed by atoms with Gasteiger partial charge in [-0.25, -0.2) is 17.8 Å². The van der Waals surface area contributed by atoms with Crippen LogP contribution < -0.4 is 4.31 Å².